The highest BCUT2D eigenvalue weighted by molar-refractivity contribution is 5.53. The molecule has 0 saturated carbocycles. The Morgan fingerprint density at radius 3 is 2.33 bits per heavy atom. The fourth-order valence-electron chi connectivity index (χ4n) is 3.98. The van der Waals surface area contributed by atoms with Crippen LogP contribution in [0.2, 0.25) is 0 Å². The number of fused-ring (bicyclic) bond motifs is 2. The summed E-state index contributed by atoms with van der Waals surface area (Å²) in [5.74, 6) is -2.10. The van der Waals surface area contributed by atoms with Gasteiger partial charge in [0.15, 0.2) is 23.1 Å². The number of ether oxygens (including phenoxy) is 2. The van der Waals surface area contributed by atoms with Gasteiger partial charge in [-0.05, 0) is 62.1 Å². The fourth-order valence-corrected chi connectivity index (χ4v) is 3.98. The van der Waals surface area contributed by atoms with Gasteiger partial charge in [-0.25, -0.2) is 8.78 Å². The Morgan fingerprint density at radius 1 is 0.900 bits per heavy atom. The van der Waals surface area contributed by atoms with E-state index in [9.17, 15) is 8.78 Å². The molecule has 0 fully saturated rings. The van der Waals surface area contributed by atoms with E-state index in [-0.39, 0.29) is 17.6 Å². The first-order chi connectivity index (χ1) is 14.3. The molecule has 164 valence electrons. The smallest absolute Gasteiger partial charge is 0.201 e. The van der Waals surface area contributed by atoms with Gasteiger partial charge in [-0.2, -0.15) is 4.39 Å². The highest BCUT2D eigenvalue weighted by atomic mass is 19.2. The number of benzene rings is 2. The van der Waals surface area contributed by atoms with E-state index < -0.39 is 17.5 Å². The van der Waals surface area contributed by atoms with Crippen molar-refractivity contribution >= 4 is 0 Å². The van der Waals surface area contributed by atoms with E-state index in [1.807, 2.05) is 19.9 Å². The van der Waals surface area contributed by atoms with E-state index in [1.54, 1.807) is 19.2 Å². The fraction of sp³-hybridized carbons (Fsp3) is 0.520. The maximum atomic E-state index is 15.1. The number of halogens is 3. The third-order valence-electron chi connectivity index (χ3n) is 6.05. The average Bonchev–Trinajstić information content (AvgIpc) is 2.74. The second-order valence-corrected chi connectivity index (χ2v) is 8.48. The highest BCUT2D eigenvalue weighted by Crippen LogP contribution is 2.42. The molecule has 5 heteroatoms. The molecule has 0 aromatic heterocycles. The molecule has 0 saturated heterocycles. The van der Waals surface area contributed by atoms with Gasteiger partial charge in [-0.3, -0.25) is 0 Å². The van der Waals surface area contributed by atoms with Gasteiger partial charge in [0.05, 0.1) is 6.10 Å². The first-order valence-electron chi connectivity index (χ1n) is 10.9. The largest absolute Gasteiger partial charge is 0.450 e. The van der Waals surface area contributed by atoms with Crippen molar-refractivity contribution in [1.29, 1.82) is 0 Å². The summed E-state index contributed by atoms with van der Waals surface area (Å²) in [5.41, 5.74) is 2.12. The minimum Gasteiger partial charge on any atom is -0.450 e. The quantitative estimate of drug-likeness (QED) is 0.366. The molecule has 0 N–H and O–H groups in total. The van der Waals surface area contributed by atoms with E-state index >= 15 is 4.39 Å². The summed E-state index contributed by atoms with van der Waals surface area (Å²) >= 11 is 0. The van der Waals surface area contributed by atoms with E-state index in [0.29, 0.717) is 53.9 Å². The Labute approximate surface area is 177 Å². The number of hydrogen-bond acceptors (Lipinski definition) is 2. The monoisotopic (exact) mass is 420 g/mol. The predicted octanol–water partition coefficient (Wildman–Crippen LogP) is 7.14. The van der Waals surface area contributed by atoms with Crippen LogP contribution in [0.1, 0.15) is 68.7 Å². The van der Waals surface area contributed by atoms with Crippen molar-refractivity contribution in [1.82, 2.24) is 0 Å². The van der Waals surface area contributed by atoms with Crippen LogP contribution in [-0.4, -0.2) is 13.2 Å². The van der Waals surface area contributed by atoms with Crippen molar-refractivity contribution in [3.8, 4) is 11.5 Å². The summed E-state index contributed by atoms with van der Waals surface area (Å²) in [7, 11) is 1.70. The Hall–Kier alpha value is -2.01. The molecular formula is C25H31F3O2. The van der Waals surface area contributed by atoms with Gasteiger partial charge in [0.1, 0.15) is 0 Å². The highest BCUT2D eigenvalue weighted by Gasteiger charge is 2.28. The lowest BCUT2D eigenvalue weighted by Gasteiger charge is -2.23. The normalized spacial score (nSPS) is 14.6. The molecular weight excluding hydrogens is 389 g/mol. The Morgan fingerprint density at radius 2 is 1.63 bits per heavy atom. The molecule has 0 aliphatic carbocycles. The maximum absolute atomic E-state index is 15.1. The van der Waals surface area contributed by atoms with Crippen LogP contribution in [0.25, 0.3) is 0 Å². The molecule has 30 heavy (non-hydrogen) atoms. The van der Waals surface area contributed by atoms with Crippen molar-refractivity contribution in [2.24, 2.45) is 5.92 Å². The van der Waals surface area contributed by atoms with E-state index in [2.05, 4.69) is 6.92 Å². The molecule has 0 spiro atoms. The molecule has 0 amide bonds. The molecule has 0 bridgehead atoms. The number of rotatable bonds is 9. The second-order valence-electron chi connectivity index (χ2n) is 8.48. The Kier molecular flexibility index (Phi) is 7.45. The van der Waals surface area contributed by atoms with Crippen LogP contribution in [-0.2, 0) is 24.0 Å². The van der Waals surface area contributed by atoms with Crippen molar-refractivity contribution in [3.05, 3.63) is 57.9 Å². The zero-order valence-electron chi connectivity index (χ0n) is 18.3. The number of aryl methyl sites for hydroxylation is 2. The van der Waals surface area contributed by atoms with Gasteiger partial charge >= 0.3 is 0 Å². The number of methoxy groups -OCH3 is 1. The van der Waals surface area contributed by atoms with Crippen molar-refractivity contribution < 1.29 is 22.6 Å². The Bertz CT molecular complexity index is 895. The molecule has 2 unspecified atom stereocenters. The molecule has 1 heterocycles. The molecule has 2 aromatic rings. The van der Waals surface area contributed by atoms with Crippen LogP contribution in [0.4, 0.5) is 13.2 Å². The van der Waals surface area contributed by atoms with Crippen molar-refractivity contribution in [3.63, 3.8) is 0 Å². The lowest BCUT2D eigenvalue weighted by molar-refractivity contribution is 0.104. The van der Waals surface area contributed by atoms with E-state index in [4.69, 9.17) is 9.47 Å². The van der Waals surface area contributed by atoms with Gasteiger partial charge in [0.2, 0.25) is 5.82 Å². The lowest BCUT2D eigenvalue weighted by Crippen LogP contribution is -2.11. The summed E-state index contributed by atoms with van der Waals surface area (Å²) in [6, 6.07) is 5.28. The lowest BCUT2D eigenvalue weighted by atomic mass is 9.92. The second kappa shape index (κ2) is 9.86. The standard InChI is InChI=1S/C25H31F3O2/c1-5-6-18-13-20-14-19-12-11-17(10-8-15(2)7-9-16(3)29-4)22(27)24(19)30-25(20)23(28)21(18)26/h11-13,15-16H,5-10,14H2,1-4H3. The average molecular weight is 421 g/mol. The molecule has 2 nitrogen and oxygen atoms in total. The van der Waals surface area contributed by atoms with Gasteiger partial charge in [-0.1, -0.05) is 32.4 Å². The van der Waals surface area contributed by atoms with Crippen LogP contribution in [0.5, 0.6) is 11.5 Å². The first kappa shape index (κ1) is 22.7. The van der Waals surface area contributed by atoms with Gasteiger partial charge in [-0.15, -0.1) is 0 Å². The maximum Gasteiger partial charge on any atom is 0.201 e. The number of hydrogen-bond donors (Lipinski definition) is 0. The van der Waals surface area contributed by atoms with Crippen LogP contribution in [0.15, 0.2) is 18.2 Å². The van der Waals surface area contributed by atoms with Crippen molar-refractivity contribution in [2.75, 3.05) is 7.11 Å². The molecule has 3 rings (SSSR count). The topological polar surface area (TPSA) is 18.5 Å². The summed E-state index contributed by atoms with van der Waals surface area (Å²) < 4.78 is 54.9. The van der Waals surface area contributed by atoms with Crippen LogP contribution in [0.3, 0.4) is 0 Å². The summed E-state index contributed by atoms with van der Waals surface area (Å²) in [6.45, 7) is 6.11. The minimum atomic E-state index is -1.02. The Balaban J connectivity index is 1.76. The first-order valence-corrected chi connectivity index (χ1v) is 10.9. The minimum absolute atomic E-state index is 0.0298. The predicted molar refractivity (Wildman–Crippen MR) is 113 cm³/mol. The summed E-state index contributed by atoms with van der Waals surface area (Å²) in [6.07, 6.45) is 5.11. The zero-order chi connectivity index (χ0) is 21.8. The van der Waals surface area contributed by atoms with Crippen LogP contribution < -0.4 is 4.74 Å². The molecule has 2 aromatic carbocycles. The van der Waals surface area contributed by atoms with Crippen molar-refractivity contribution in [2.45, 2.75) is 71.8 Å². The van der Waals surface area contributed by atoms with E-state index in [0.717, 1.165) is 19.3 Å². The summed E-state index contributed by atoms with van der Waals surface area (Å²) in [4.78, 5) is 0. The van der Waals surface area contributed by atoms with E-state index in [1.165, 1.54) is 0 Å². The SMILES string of the molecule is CCCc1cc2c(c(F)c1F)Oc1c(ccc(CCC(C)CCC(C)OC)c1F)C2. The van der Waals surface area contributed by atoms with Gasteiger partial charge < -0.3 is 9.47 Å². The molecule has 2 atom stereocenters. The zero-order valence-corrected chi connectivity index (χ0v) is 18.3. The van der Waals surface area contributed by atoms with Crippen LogP contribution in [0, 0.1) is 23.4 Å². The summed E-state index contributed by atoms with van der Waals surface area (Å²) in [5, 5.41) is 0. The van der Waals surface area contributed by atoms with Gasteiger partial charge in [0, 0.05) is 24.7 Å². The molecule has 1 aliphatic heterocycles. The third kappa shape index (κ3) is 4.83. The molecule has 1 aliphatic rings. The van der Waals surface area contributed by atoms with Gasteiger partial charge in [0.25, 0.3) is 0 Å². The third-order valence-corrected chi connectivity index (χ3v) is 6.05. The molecule has 0 radical (unpaired) electrons. The van der Waals surface area contributed by atoms with Crippen LogP contribution >= 0.6 is 0 Å².